The monoisotopic (exact) mass is 245 g/mol. The minimum Gasteiger partial charge on any atom is -0.493 e. The second kappa shape index (κ2) is 4.05. The molecule has 1 aromatic heterocycles. The molecule has 0 unspecified atom stereocenters. The number of anilines is 1. The van der Waals surface area contributed by atoms with Crippen LogP contribution in [0.25, 0.3) is 11.0 Å². The van der Waals surface area contributed by atoms with Crippen LogP contribution in [-0.2, 0) is 6.42 Å². The van der Waals surface area contributed by atoms with Crippen molar-refractivity contribution >= 4 is 16.7 Å². The van der Waals surface area contributed by atoms with Gasteiger partial charge in [0.1, 0.15) is 0 Å². The second-order valence-electron chi connectivity index (χ2n) is 4.58. The van der Waals surface area contributed by atoms with Gasteiger partial charge in [0, 0.05) is 19.0 Å². The van der Waals surface area contributed by atoms with Crippen LogP contribution >= 0.6 is 0 Å². The summed E-state index contributed by atoms with van der Waals surface area (Å²) in [7, 11) is 3.59. The zero-order chi connectivity index (χ0) is 12.7. The Morgan fingerprint density at radius 3 is 3.00 bits per heavy atom. The number of hydrogen-bond acceptors (Lipinski definition) is 4. The molecular formula is C14H15NO3. The first-order valence-electron chi connectivity index (χ1n) is 6.06. The third-order valence-electron chi connectivity index (χ3n) is 3.48. The molecule has 0 bridgehead atoms. The molecule has 0 spiro atoms. The molecule has 2 aromatic rings. The Morgan fingerprint density at radius 1 is 1.39 bits per heavy atom. The standard InChI is InChI=1S/C14H15NO3/c1-15-8-4-6-10-12(15)9-5-3-7-11(17-2)13(9)18-14(10)16/h3,5,7H,4,6,8H2,1-2H3. The van der Waals surface area contributed by atoms with Gasteiger partial charge in [0.05, 0.1) is 18.4 Å². The van der Waals surface area contributed by atoms with Crippen molar-refractivity contribution in [2.75, 3.05) is 25.6 Å². The van der Waals surface area contributed by atoms with Gasteiger partial charge < -0.3 is 14.1 Å². The van der Waals surface area contributed by atoms with E-state index < -0.39 is 0 Å². The van der Waals surface area contributed by atoms with Crippen LogP contribution in [0.2, 0.25) is 0 Å². The maximum absolute atomic E-state index is 12.0. The van der Waals surface area contributed by atoms with Crippen LogP contribution in [0.4, 0.5) is 5.69 Å². The van der Waals surface area contributed by atoms with Crippen molar-refractivity contribution in [3.8, 4) is 5.75 Å². The SMILES string of the molecule is COc1cccc2c3c(c(=O)oc12)CCCN3C. The molecule has 1 aliphatic rings. The lowest BCUT2D eigenvalue weighted by atomic mass is 10.0. The summed E-state index contributed by atoms with van der Waals surface area (Å²) in [4.78, 5) is 14.2. The third kappa shape index (κ3) is 1.49. The van der Waals surface area contributed by atoms with E-state index in [9.17, 15) is 4.79 Å². The number of ether oxygens (including phenoxy) is 1. The smallest absolute Gasteiger partial charge is 0.341 e. The van der Waals surface area contributed by atoms with Crippen LogP contribution in [0.3, 0.4) is 0 Å². The van der Waals surface area contributed by atoms with Crippen molar-refractivity contribution < 1.29 is 9.15 Å². The maximum Gasteiger partial charge on any atom is 0.341 e. The maximum atomic E-state index is 12.0. The van der Waals surface area contributed by atoms with Crippen molar-refractivity contribution in [2.24, 2.45) is 0 Å². The molecule has 0 aliphatic carbocycles. The Bertz CT molecular complexity index is 660. The molecule has 0 N–H and O–H groups in total. The Kier molecular flexibility index (Phi) is 2.51. The first-order valence-corrected chi connectivity index (χ1v) is 6.06. The molecule has 3 rings (SSSR count). The zero-order valence-electron chi connectivity index (χ0n) is 10.5. The van der Waals surface area contributed by atoms with E-state index in [2.05, 4.69) is 4.90 Å². The van der Waals surface area contributed by atoms with Crippen molar-refractivity contribution in [1.82, 2.24) is 0 Å². The lowest BCUT2D eigenvalue weighted by Gasteiger charge is -2.27. The van der Waals surface area contributed by atoms with Gasteiger partial charge in [0.25, 0.3) is 0 Å². The van der Waals surface area contributed by atoms with Crippen LogP contribution in [0, 0.1) is 0 Å². The van der Waals surface area contributed by atoms with E-state index >= 15 is 0 Å². The van der Waals surface area contributed by atoms with E-state index in [4.69, 9.17) is 9.15 Å². The van der Waals surface area contributed by atoms with E-state index in [0.717, 1.165) is 36.0 Å². The quantitative estimate of drug-likeness (QED) is 0.722. The zero-order valence-corrected chi connectivity index (χ0v) is 10.5. The second-order valence-corrected chi connectivity index (χ2v) is 4.58. The molecule has 18 heavy (non-hydrogen) atoms. The highest BCUT2D eigenvalue weighted by Gasteiger charge is 2.22. The lowest BCUT2D eigenvalue weighted by molar-refractivity contribution is 0.406. The number of nitrogens with zero attached hydrogens (tertiary/aromatic N) is 1. The van der Waals surface area contributed by atoms with Gasteiger partial charge in [0.15, 0.2) is 11.3 Å². The fourth-order valence-corrected chi connectivity index (χ4v) is 2.64. The normalized spacial score (nSPS) is 14.7. The number of fused-ring (bicyclic) bond motifs is 3. The Morgan fingerprint density at radius 2 is 2.22 bits per heavy atom. The molecule has 4 heteroatoms. The Labute approximate surface area is 105 Å². The molecule has 0 saturated heterocycles. The van der Waals surface area contributed by atoms with Crippen LogP contribution < -0.4 is 15.3 Å². The summed E-state index contributed by atoms with van der Waals surface area (Å²) >= 11 is 0. The van der Waals surface area contributed by atoms with Gasteiger partial charge in [-0.2, -0.15) is 0 Å². The summed E-state index contributed by atoms with van der Waals surface area (Å²) in [6.07, 6.45) is 1.78. The van der Waals surface area contributed by atoms with Crippen molar-refractivity contribution in [1.29, 1.82) is 0 Å². The highest BCUT2D eigenvalue weighted by Crippen LogP contribution is 2.35. The first kappa shape index (κ1) is 11.1. The van der Waals surface area contributed by atoms with Crippen LogP contribution in [-0.4, -0.2) is 20.7 Å². The Balaban J connectivity index is 2.44. The van der Waals surface area contributed by atoms with Crippen molar-refractivity contribution in [2.45, 2.75) is 12.8 Å². The van der Waals surface area contributed by atoms with E-state index in [1.807, 2.05) is 19.2 Å². The molecule has 0 atom stereocenters. The molecule has 94 valence electrons. The largest absolute Gasteiger partial charge is 0.493 e. The lowest BCUT2D eigenvalue weighted by Crippen LogP contribution is -2.28. The molecule has 1 aromatic carbocycles. The predicted octanol–water partition coefficient (Wildman–Crippen LogP) is 2.18. The summed E-state index contributed by atoms with van der Waals surface area (Å²) < 4.78 is 10.7. The molecule has 1 aliphatic heterocycles. The molecule has 0 fully saturated rings. The van der Waals surface area contributed by atoms with Gasteiger partial charge in [-0.25, -0.2) is 4.79 Å². The minimum absolute atomic E-state index is 0.242. The number of para-hydroxylation sites is 1. The highest BCUT2D eigenvalue weighted by atomic mass is 16.5. The fourth-order valence-electron chi connectivity index (χ4n) is 2.64. The summed E-state index contributed by atoms with van der Waals surface area (Å²) in [5, 5.41) is 0.950. The van der Waals surface area contributed by atoms with E-state index in [1.165, 1.54) is 0 Å². The number of benzene rings is 1. The van der Waals surface area contributed by atoms with Gasteiger partial charge in [0.2, 0.25) is 0 Å². The summed E-state index contributed by atoms with van der Waals surface area (Å²) in [6.45, 7) is 0.961. The molecule has 0 amide bonds. The average molecular weight is 245 g/mol. The van der Waals surface area contributed by atoms with Crippen LogP contribution in [0.15, 0.2) is 27.4 Å². The Hall–Kier alpha value is -1.97. The number of hydrogen-bond donors (Lipinski definition) is 0. The van der Waals surface area contributed by atoms with E-state index in [0.29, 0.717) is 11.3 Å². The topological polar surface area (TPSA) is 42.7 Å². The first-order chi connectivity index (χ1) is 8.72. The van der Waals surface area contributed by atoms with E-state index in [-0.39, 0.29) is 5.63 Å². The highest BCUT2D eigenvalue weighted by molar-refractivity contribution is 5.95. The molecule has 4 nitrogen and oxygen atoms in total. The minimum atomic E-state index is -0.242. The average Bonchev–Trinajstić information content (AvgIpc) is 2.38. The van der Waals surface area contributed by atoms with Gasteiger partial charge in [-0.3, -0.25) is 0 Å². The molecule has 0 radical (unpaired) electrons. The molecular weight excluding hydrogens is 230 g/mol. The van der Waals surface area contributed by atoms with Gasteiger partial charge >= 0.3 is 5.63 Å². The summed E-state index contributed by atoms with van der Waals surface area (Å²) in [6, 6.07) is 5.70. The molecule has 0 saturated carbocycles. The fraction of sp³-hybridized carbons (Fsp3) is 0.357. The van der Waals surface area contributed by atoms with Gasteiger partial charge in [-0.15, -0.1) is 0 Å². The number of rotatable bonds is 1. The van der Waals surface area contributed by atoms with Gasteiger partial charge in [-0.05, 0) is 25.0 Å². The van der Waals surface area contributed by atoms with E-state index in [1.54, 1.807) is 13.2 Å². The summed E-state index contributed by atoms with van der Waals surface area (Å²) in [5.74, 6) is 0.603. The van der Waals surface area contributed by atoms with Crippen LogP contribution in [0.5, 0.6) is 5.75 Å². The van der Waals surface area contributed by atoms with Crippen molar-refractivity contribution in [3.63, 3.8) is 0 Å². The predicted molar refractivity (Wildman–Crippen MR) is 70.6 cm³/mol. The number of methoxy groups -OCH3 is 1. The molecule has 2 heterocycles. The van der Waals surface area contributed by atoms with Crippen LogP contribution in [0.1, 0.15) is 12.0 Å². The van der Waals surface area contributed by atoms with Crippen molar-refractivity contribution in [3.05, 3.63) is 34.2 Å². The summed E-state index contributed by atoms with van der Waals surface area (Å²) in [5.41, 5.74) is 2.07. The third-order valence-corrected chi connectivity index (χ3v) is 3.48. The van der Waals surface area contributed by atoms with Gasteiger partial charge in [-0.1, -0.05) is 6.07 Å².